The van der Waals surface area contributed by atoms with Crippen molar-refractivity contribution in [2.45, 2.75) is 58.5 Å². The van der Waals surface area contributed by atoms with Crippen LogP contribution < -0.4 is 15.5 Å². The van der Waals surface area contributed by atoms with Crippen LogP contribution in [-0.2, 0) is 9.59 Å². The monoisotopic (exact) mass is 333 g/mol. The minimum atomic E-state index is -0.477. The van der Waals surface area contributed by atoms with Crippen molar-refractivity contribution < 1.29 is 9.59 Å². The molecule has 0 aliphatic rings. The van der Waals surface area contributed by atoms with E-state index < -0.39 is 6.17 Å². The van der Waals surface area contributed by atoms with E-state index in [1.807, 2.05) is 43.3 Å². The Labute approximate surface area is 145 Å². The standard InChI is InChI=1S/C19H31N3O2/c1-5-7-9-17(23)20-19(21-18(24)10-8-6-2)15-11-13-16(14-12-15)22(3)4/h11-14,19H,5-10H2,1-4H3,(H,20,23)(H,21,24). The van der Waals surface area contributed by atoms with Crippen LogP contribution in [0.5, 0.6) is 0 Å². The van der Waals surface area contributed by atoms with Crippen LogP contribution in [0.1, 0.15) is 64.1 Å². The second-order valence-electron chi connectivity index (χ2n) is 6.26. The first-order valence-corrected chi connectivity index (χ1v) is 8.83. The van der Waals surface area contributed by atoms with Gasteiger partial charge in [0.2, 0.25) is 11.8 Å². The first-order valence-electron chi connectivity index (χ1n) is 8.83. The Kier molecular flexibility index (Phi) is 8.90. The summed E-state index contributed by atoms with van der Waals surface area (Å²) in [4.78, 5) is 26.2. The highest BCUT2D eigenvalue weighted by Gasteiger charge is 2.16. The molecule has 1 rings (SSSR count). The van der Waals surface area contributed by atoms with Crippen LogP contribution in [0.4, 0.5) is 5.69 Å². The zero-order valence-electron chi connectivity index (χ0n) is 15.4. The zero-order valence-corrected chi connectivity index (χ0v) is 15.4. The molecule has 0 saturated carbocycles. The number of hydrogen-bond donors (Lipinski definition) is 2. The second-order valence-corrected chi connectivity index (χ2v) is 6.26. The quantitative estimate of drug-likeness (QED) is 0.645. The third-order valence-corrected chi connectivity index (χ3v) is 3.87. The minimum absolute atomic E-state index is 0.0330. The normalized spacial score (nSPS) is 10.5. The van der Waals surface area contributed by atoms with E-state index in [9.17, 15) is 9.59 Å². The van der Waals surface area contributed by atoms with Crippen LogP contribution in [0.25, 0.3) is 0 Å². The number of rotatable bonds is 10. The second kappa shape index (κ2) is 10.7. The van der Waals surface area contributed by atoms with Crippen molar-refractivity contribution in [3.8, 4) is 0 Å². The molecule has 0 saturated heterocycles. The highest BCUT2D eigenvalue weighted by atomic mass is 16.2. The van der Waals surface area contributed by atoms with Crippen molar-refractivity contribution in [3.05, 3.63) is 29.8 Å². The molecule has 0 aromatic heterocycles. The van der Waals surface area contributed by atoms with Gasteiger partial charge in [0.1, 0.15) is 6.17 Å². The molecule has 2 amide bonds. The number of nitrogens with one attached hydrogen (secondary N) is 2. The van der Waals surface area contributed by atoms with E-state index in [0.717, 1.165) is 36.9 Å². The molecular formula is C19H31N3O2. The summed E-state index contributed by atoms with van der Waals surface area (Å²) in [5, 5.41) is 5.88. The summed E-state index contributed by atoms with van der Waals surface area (Å²) in [6.07, 6.45) is 4.12. The van der Waals surface area contributed by atoms with Gasteiger partial charge < -0.3 is 15.5 Å². The average Bonchev–Trinajstić information content (AvgIpc) is 2.57. The molecule has 1 aromatic rings. The molecule has 24 heavy (non-hydrogen) atoms. The number of hydrogen-bond acceptors (Lipinski definition) is 3. The molecule has 2 N–H and O–H groups in total. The fraction of sp³-hybridized carbons (Fsp3) is 0.579. The maximum atomic E-state index is 12.1. The molecule has 1 aromatic carbocycles. The van der Waals surface area contributed by atoms with E-state index in [1.165, 1.54) is 0 Å². The van der Waals surface area contributed by atoms with Gasteiger partial charge in [-0.25, -0.2) is 0 Å². The zero-order chi connectivity index (χ0) is 17.9. The first-order chi connectivity index (χ1) is 11.5. The Morgan fingerprint density at radius 2 is 1.38 bits per heavy atom. The number of carbonyl (C=O) groups excluding carboxylic acids is 2. The predicted molar refractivity (Wildman–Crippen MR) is 98.8 cm³/mol. The van der Waals surface area contributed by atoms with Gasteiger partial charge in [-0.15, -0.1) is 0 Å². The molecule has 0 aliphatic carbocycles. The average molecular weight is 333 g/mol. The number of carbonyl (C=O) groups is 2. The molecule has 0 aliphatic heterocycles. The summed E-state index contributed by atoms with van der Waals surface area (Å²) in [5.74, 6) is -0.0661. The Hall–Kier alpha value is -2.04. The van der Waals surface area contributed by atoms with Crippen molar-refractivity contribution in [2.24, 2.45) is 0 Å². The topological polar surface area (TPSA) is 61.4 Å². The molecule has 5 heteroatoms. The van der Waals surface area contributed by atoms with Gasteiger partial charge in [-0.2, -0.15) is 0 Å². The lowest BCUT2D eigenvalue weighted by Crippen LogP contribution is -2.41. The summed E-state index contributed by atoms with van der Waals surface area (Å²) in [5.41, 5.74) is 1.96. The minimum Gasteiger partial charge on any atom is -0.378 e. The van der Waals surface area contributed by atoms with Crippen molar-refractivity contribution >= 4 is 17.5 Å². The summed E-state index contributed by atoms with van der Waals surface area (Å²) in [6.45, 7) is 4.11. The van der Waals surface area contributed by atoms with E-state index in [0.29, 0.717) is 12.8 Å². The number of amides is 2. The van der Waals surface area contributed by atoms with E-state index in [-0.39, 0.29) is 11.8 Å². The molecule has 0 bridgehead atoms. The SMILES string of the molecule is CCCCC(=O)NC(NC(=O)CCCC)c1ccc(N(C)C)cc1. The van der Waals surface area contributed by atoms with E-state index in [2.05, 4.69) is 24.5 Å². The van der Waals surface area contributed by atoms with Crippen molar-refractivity contribution in [2.75, 3.05) is 19.0 Å². The van der Waals surface area contributed by atoms with Crippen LogP contribution in [-0.4, -0.2) is 25.9 Å². The van der Waals surface area contributed by atoms with Gasteiger partial charge in [0.15, 0.2) is 0 Å². The van der Waals surface area contributed by atoms with Crippen LogP contribution in [0, 0.1) is 0 Å². The van der Waals surface area contributed by atoms with Gasteiger partial charge in [0.05, 0.1) is 0 Å². The molecule has 0 radical (unpaired) electrons. The van der Waals surface area contributed by atoms with Crippen molar-refractivity contribution in [1.29, 1.82) is 0 Å². The highest BCUT2D eigenvalue weighted by molar-refractivity contribution is 5.79. The Morgan fingerprint density at radius 1 is 0.917 bits per heavy atom. The van der Waals surface area contributed by atoms with Crippen molar-refractivity contribution in [3.63, 3.8) is 0 Å². The van der Waals surface area contributed by atoms with Gasteiger partial charge in [-0.3, -0.25) is 9.59 Å². The number of benzene rings is 1. The Morgan fingerprint density at radius 3 is 1.75 bits per heavy atom. The van der Waals surface area contributed by atoms with Crippen LogP contribution in [0.15, 0.2) is 24.3 Å². The molecule has 0 unspecified atom stereocenters. The Balaban J connectivity index is 2.82. The third kappa shape index (κ3) is 7.02. The summed E-state index contributed by atoms with van der Waals surface area (Å²) in [6, 6.07) is 7.86. The van der Waals surface area contributed by atoms with Crippen molar-refractivity contribution in [1.82, 2.24) is 10.6 Å². The Bertz CT molecular complexity index is 490. The summed E-state index contributed by atoms with van der Waals surface area (Å²) < 4.78 is 0. The molecule has 0 atom stereocenters. The van der Waals surface area contributed by atoms with Crippen LogP contribution in [0.2, 0.25) is 0 Å². The lowest BCUT2D eigenvalue weighted by Gasteiger charge is -2.22. The molecule has 134 valence electrons. The van der Waals surface area contributed by atoms with Crippen LogP contribution in [0.3, 0.4) is 0 Å². The smallest absolute Gasteiger partial charge is 0.221 e. The summed E-state index contributed by atoms with van der Waals surface area (Å²) >= 11 is 0. The molecular weight excluding hydrogens is 302 g/mol. The van der Waals surface area contributed by atoms with E-state index in [1.54, 1.807) is 0 Å². The fourth-order valence-corrected chi connectivity index (χ4v) is 2.31. The van der Waals surface area contributed by atoms with E-state index >= 15 is 0 Å². The van der Waals surface area contributed by atoms with E-state index in [4.69, 9.17) is 0 Å². The number of anilines is 1. The predicted octanol–water partition coefficient (Wildman–Crippen LogP) is 3.36. The molecule has 0 fully saturated rings. The number of nitrogens with zero attached hydrogens (tertiary/aromatic N) is 1. The highest BCUT2D eigenvalue weighted by Crippen LogP contribution is 2.17. The molecule has 0 heterocycles. The van der Waals surface area contributed by atoms with Gasteiger partial charge in [-0.1, -0.05) is 38.8 Å². The third-order valence-electron chi connectivity index (χ3n) is 3.87. The van der Waals surface area contributed by atoms with Crippen LogP contribution >= 0.6 is 0 Å². The van der Waals surface area contributed by atoms with Gasteiger partial charge in [0, 0.05) is 32.6 Å². The van der Waals surface area contributed by atoms with Gasteiger partial charge in [-0.05, 0) is 30.5 Å². The lowest BCUT2D eigenvalue weighted by atomic mass is 10.1. The number of unbranched alkanes of at least 4 members (excludes halogenated alkanes) is 2. The first kappa shape index (κ1) is 20.0. The maximum Gasteiger partial charge on any atom is 0.221 e. The fourth-order valence-electron chi connectivity index (χ4n) is 2.31. The van der Waals surface area contributed by atoms with Gasteiger partial charge >= 0.3 is 0 Å². The maximum absolute atomic E-state index is 12.1. The molecule has 5 nitrogen and oxygen atoms in total. The lowest BCUT2D eigenvalue weighted by molar-refractivity contribution is -0.124. The summed E-state index contributed by atoms with van der Waals surface area (Å²) in [7, 11) is 3.96. The molecule has 0 spiro atoms. The van der Waals surface area contributed by atoms with Gasteiger partial charge in [0.25, 0.3) is 0 Å². The largest absolute Gasteiger partial charge is 0.378 e.